The van der Waals surface area contributed by atoms with Gasteiger partial charge in [0.1, 0.15) is 12.4 Å². The highest BCUT2D eigenvalue weighted by atomic mass is 16.5. The van der Waals surface area contributed by atoms with E-state index in [0.29, 0.717) is 25.2 Å². The highest BCUT2D eigenvalue weighted by Gasteiger charge is 2.12. The molecule has 0 aliphatic heterocycles. The van der Waals surface area contributed by atoms with Crippen molar-refractivity contribution < 1.29 is 23.8 Å². The van der Waals surface area contributed by atoms with Crippen LogP contribution in [-0.2, 0) is 33.8 Å². The van der Waals surface area contributed by atoms with Gasteiger partial charge in [-0.2, -0.15) is 0 Å². The second-order valence-corrected chi connectivity index (χ2v) is 9.36. The van der Waals surface area contributed by atoms with E-state index in [9.17, 15) is 9.59 Å². The summed E-state index contributed by atoms with van der Waals surface area (Å²) in [7, 11) is 1.42. The number of ether oxygens (including phenoxy) is 3. The molecule has 3 aromatic rings. The van der Waals surface area contributed by atoms with Crippen LogP contribution in [0.5, 0.6) is 5.75 Å². The van der Waals surface area contributed by atoms with Gasteiger partial charge >= 0.3 is 11.9 Å². The standard InChI is InChI=1S/C32H39NO5.2C2H6/c1-4-37-32(35)29-18-16-26(17-19-29)23-33(21-8-7-11-31(34)36-3)22-20-28-9-5-6-10-30(28)38-24-27-14-12-25(2)13-15-27;2*1-2/h5-6,9-10,12-19H,4,7-8,11,20-24H2,1-3H3;2*1-2H3. The minimum absolute atomic E-state index is 0.175. The predicted octanol–water partition coefficient (Wildman–Crippen LogP) is 8.19. The number of methoxy groups -OCH3 is 1. The fourth-order valence-corrected chi connectivity index (χ4v) is 4.17. The summed E-state index contributed by atoms with van der Waals surface area (Å²) >= 11 is 0. The van der Waals surface area contributed by atoms with Crippen LogP contribution in [0.2, 0.25) is 0 Å². The molecule has 0 amide bonds. The first-order chi connectivity index (χ1) is 20.5. The Morgan fingerprint density at radius 1 is 0.786 bits per heavy atom. The Hall–Kier alpha value is -3.64. The van der Waals surface area contributed by atoms with Crippen LogP contribution in [0, 0.1) is 6.92 Å². The SMILES string of the molecule is CC.CC.CCOC(=O)c1ccc(CN(CCCCC(=O)OC)CCc2ccccc2OCc2ccc(C)cc2)cc1. The number of hydrogen-bond acceptors (Lipinski definition) is 6. The highest BCUT2D eigenvalue weighted by Crippen LogP contribution is 2.21. The van der Waals surface area contributed by atoms with Crippen molar-refractivity contribution >= 4 is 11.9 Å². The number of rotatable bonds is 15. The van der Waals surface area contributed by atoms with E-state index in [1.54, 1.807) is 6.92 Å². The molecule has 3 rings (SSSR count). The average Bonchev–Trinajstić information content (AvgIpc) is 3.04. The molecule has 0 aliphatic carbocycles. The Morgan fingerprint density at radius 2 is 1.43 bits per heavy atom. The van der Waals surface area contributed by atoms with E-state index >= 15 is 0 Å². The molecule has 0 atom stereocenters. The van der Waals surface area contributed by atoms with Crippen LogP contribution in [-0.4, -0.2) is 43.6 Å². The summed E-state index contributed by atoms with van der Waals surface area (Å²) in [4.78, 5) is 25.9. The van der Waals surface area contributed by atoms with Crippen molar-refractivity contribution in [2.24, 2.45) is 0 Å². The molecule has 6 nitrogen and oxygen atoms in total. The van der Waals surface area contributed by atoms with Crippen molar-refractivity contribution in [3.8, 4) is 5.75 Å². The van der Waals surface area contributed by atoms with Crippen LogP contribution < -0.4 is 4.74 Å². The second-order valence-electron chi connectivity index (χ2n) is 9.36. The van der Waals surface area contributed by atoms with Gasteiger partial charge in [0.15, 0.2) is 0 Å². The molecule has 0 N–H and O–H groups in total. The minimum Gasteiger partial charge on any atom is -0.489 e. The Labute approximate surface area is 254 Å². The molecular weight excluding hydrogens is 526 g/mol. The molecule has 230 valence electrons. The summed E-state index contributed by atoms with van der Waals surface area (Å²) < 4.78 is 16.1. The monoisotopic (exact) mass is 577 g/mol. The molecule has 0 heterocycles. The van der Waals surface area contributed by atoms with E-state index in [1.807, 2.05) is 70.2 Å². The maximum absolute atomic E-state index is 12.0. The molecule has 0 aliphatic rings. The number of nitrogens with zero attached hydrogens (tertiary/aromatic N) is 1. The number of benzene rings is 3. The Bertz CT molecular complexity index is 1140. The third-order valence-corrected chi connectivity index (χ3v) is 6.39. The molecule has 0 bridgehead atoms. The molecular formula is C36H51NO5. The van der Waals surface area contributed by atoms with E-state index in [1.165, 1.54) is 12.7 Å². The summed E-state index contributed by atoms with van der Waals surface area (Å²) in [5.74, 6) is 0.421. The van der Waals surface area contributed by atoms with Gasteiger partial charge in [0, 0.05) is 19.5 Å². The summed E-state index contributed by atoms with van der Waals surface area (Å²) in [5, 5.41) is 0. The van der Waals surface area contributed by atoms with E-state index in [2.05, 4.69) is 42.2 Å². The summed E-state index contributed by atoms with van der Waals surface area (Å²) in [6, 6.07) is 24.2. The first kappa shape index (κ1) is 36.4. The summed E-state index contributed by atoms with van der Waals surface area (Å²) in [6.45, 7) is 15.2. The fraction of sp³-hybridized carbons (Fsp3) is 0.444. The Kier molecular flexibility index (Phi) is 19.1. The van der Waals surface area contributed by atoms with Crippen LogP contribution in [0.4, 0.5) is 0 Å². The van der Waals surface area contributed by atoms with Crippen molar-refractivity contribution in [1.82, 2.24) is 4.90 Å². The third-order valence-electron chi connectivity index (χ3n) is 6.39. The molecule has 0 saturated carbocycles. The normalized spacial score (nSPS) is 10.1. The molecule has 6 heteroatoms. The van der Waals surface area contributed by atoms with E-state index in [-0.39, 0.29) is 11.9 Å². The van der Waals surface area contributed by atoms with E-state index in [4.69, 9.17) is 14.2 Å². The Balaban J connectivity index is 0.00000211. The maximum atomic E-state index is 12.0. The lowest BCUT2D eigenvalue weighted by Crippen LogP contribution is -2.27. The first-order valence-electron chi connectivity index (χ1n) is 15.3. The van der Waals surface area contributed by atoms with Crippen LogP contribution in [0.1, 0.15) is 86.5 Å². The van der Waals surface area contributed by atoms with Gasteiger partial charge < -0.3 is 14.2 Å². The van der Waals surface area contributed by atoms with Crippen LogP contribution in [0.3, 0.4) is 0 Å². The second kappa shape index (κ2) is 22.0. The van der Waals surface area contributed by atoms with Crippen molar-refractivity contribution in [3.05, 3.63) is 101 Å². The lowest BCUT2D eigenvalue weighted by atomic mass is 10.1. The predicted molar refractivity (Wildman–Crippen MR) is 172 cm³/mol. The topological polar surface area (TPSA) is 65.1 Å². The molecule has 0 aromatic heterocycles. The molecule has 42 heavy (non-hydrogen) atoms. The quantitative estimate of drug-likeness (QED) is 0.134. The largest absolute Gasteiger partial charge is 0.489 e. The van der Waals surface area contributed by atoms with E-state index < -0.39 is 0 Å². The van der Waals surface area contributed by atoms with Crippen LogP contribution >= 0.6 is 0 Å². The zero-order valence-electron chi connectivity index (χ0n) is 26.8. The van der Waals surface area contributed by atoms with E-state index in [0.717, 1.165) is 61.3 Å². The highest BCUT2D eigenvalue weighted by molar-refractivity contribution is 5.89. The number of para-hydroxylation sites is 1. The minimum atomic E-state index is -0.305. The van der Waals surface area contributed by atoms with Gasteiger partial charge in [-0.1, -0.05) is 87.9 Å². The zero-order valence-corrected chi connectivity index (χ0v) is 26.8. The smallest absolute Gasteiger partial charge is 0.338 e. The number of aryl methyl sites for hydroxylation is 1. The number of hydrogen-bond donors (Lipinski definition) is 0. The van der Waals surface area contributed by atoms with Gasteiger partial charge in [-0.15, -0.1) is 0 Å². The van der Waals surface area contributed by atoms with Crippen LogP contribution in [0.15, 0.2) is 72.8 Å². The molecule has 0 fully saturated rings. The maximum Gasteiger partial charge on any atom is 0.338 e. The molecule has 3 aromatic carbocycles. The van der Waals surface area contributed by atoms with Gasteiger partial charge in [-0.3, -0.25) is 9.69 Å². The van der Waals surface area contributed by atoms with Gasteiger partial charge in [0.25, 0.3) is 0 Å². The van der Waals surface area contributed by atoms with Crippen molar-refractivity contribution in [1.29, 1.82) is 0 Å². The van der Waals surface area contributed by atoms with Gasteiger partial charge in [-0.25, -0.2) is 4.79 Å². The van der Waals surface area contributed by atoms with Crippen LogP contribution in [0.25, 0.3) is 0 Å². The third kappa shape index (κ3) is 13.8. The number of esters is 2. The lowest BCUT2D eigenvalue weighted by molar-refractivity contribution is -0.140. The van der Waals surface area contributed by atoms with Crippen molar-refractivity contribution in [3.63, 3.8) is 0 Å². The average molecular weight is 578 g/mol. The fourth-order valence-electron chi connectivity index (χ4n) is 4.17. The zero-order chi connectivity index (χ0) is 31.2. The molecule has 0 spiro atoms. The Morgan fingerprint density at radius 3 is 2.07 bits per heavy atom. The van der Waals surface area contributed by atoms with Gasteiger partial charge in [0.05, 0.1) is 19.3 Å². The lowest BCUT2D eigenvalue weighted by Gasteiger charge is -2.23. The number of carbonyl (C=O) groups excluding carboxylic acids is 2. The number of carbonyl (C=O) groups is 2. The van der Waals surface area contributed by atoms with Crippen molar-refractivity contribution in [2.45, 2.75) is 80.4 Å². The van der Waals surface area contributed by atoms with Crippen molar-refractivity contribution in [2.75, 3.05) is 26.8 Å². The molecule has 0 unspecified atom stereocenters. The number of unbranched alkanes of at least 4 members (excludes halogenated alkanes) is 1. The van der Waals surface area contributed by atoms with Gasteiger partial charge in [0.2, 0.25) is 0 Å². The van der Waals surface area contributed by atoms with Gasteiger partial charge in [-0.05, 0) is 74.5 Å². The molecule has 0 radical (unpaired) electrons. The summed E-state index contributed by atoms with van der Waals surface area (Å²) in [6.07, 6.45) is 2.93. The first-order valence-corrected chi connectivity index (χ1v) is 15.3. The summed E-state index contributed by atoms with van der Waals surface area (Å²) in [5.41, 5.74) is 5.21. The molecule has 0 saturated heterocycles.